The fourth-order valence-electron chi connectivity index (χ4n) is 3.63. The third kappa shape index (κ3) is 6.53. The molecular formula is C25H17ClF3N5O4S3. The highest BCUT2D eigenvalue weighted by atomic mass is 35.5. The van der Waals surface area contributed by atoms with E-state index in [4.69, 9.17) is 11.6 Å². The summed E-state index contributed by atoms with van der Waals surface area (Å²) in [6, 6.07) is 18.6. The van der Waals surface area contributed by atoms with Gasteiger partial charge in [0.2, 0.25) is 0 Å². The van der Waals surface area contributed by atoms with Gasteiger partial charge >= 0.3 is 6.18 Å². The first kappa shape index (κ1) is 28.6. The van der Waals surface area contributed by atoms with E-state index in [2.05, 4.69) is 24.7 Å². The highest BCUT2D eigenvalue weighted by Gasteiger charge is 2.31. The Kier molecular flexibility index (Phi) is 7.54. The van der Waals surface area contributed by atoms with Crippen LogP contribution in [0.25, 0.3) is 11.0 Å². The Morgan fingerprint density at radius 1 is 0.707 bits per heavy atom. The Labute approximate surface area is 241 Å². The van der Waals surface area contributed by atoms with E-state index in [0.29, 0.717) is 17.1 Å². The number of nitrogens with one attached hydrogen (secondary N) is 3. The van der Waals surface area contributed by atoms with Gasteiger partial charge in [-0.1, -0.05) is 35.9 Å². The number of hydrogen-bond donors (Lipinski definition) is 3. The maximum absolute atomic E-state index is 13.1. The summed E-state index contributed by atoms with van der Waals surface area (Å²) >= 11 is 6.74. The summed E-state index contributed by atoms with van der Waals surface area (Å²) in [5, 5.41) is 2.89. The molecule has 9 nitrogen and oxygen atoms in total. The van der Waals surface area contributed by atoms with E-state index in [1.165, 1.54) is 42.5 Å². The molecule has 5 aromatic rings. The Morgan fingerprint density at radius 3 is 2.02 bits per heavy atom. The molecular weight excluding hydrogens is 623 g/mol. The Morgan fingerprint density at radius 2 is 1.37 bits per heavy atom. The molecule has 0 radical (unpaired) electrons. The van der Waals surface area contributed by atoms with Crippen molar-refractivity contribution in [1.29, 1.82) is 0 Å². The second-order valence-corrected chi connectivity index (χ2v) is 13.7. The predicted octanol–water partition coefficient (Wildman–Crippen LogP) is 6.71. The van der Waals surface area contributed by atoms with Gasteiger partial charge in [-0.2, -0.15) is 13.2 Å². The number of fused-ring (bicyclic) bond motifs is 1. The lowest BCUT2D eigenvalue weighted by Gasteiger charge is -2.14. The standard InChI is InChI=1S/C25H17ClF3N5O4S3/c26-21-11-12-22(39-21)41(37,38)34-24-23(31-19-9-1-2-10-20(19)32-24)30-16-6-4-8-18(14-16)40(35,36)33-17-7-3-5-15(13-17)25(27,28)29/h1-14,33H,(H,30,31)(H,32,34). The van der Waals surface area contributed by atoms with E-state index in [-0.39, 0.29) is 36.5 Å². The van der Waals surface area contributed by atoms with Gasteiger partial charge in [-0.3, -0.25) is 9.44 Å². The summed E-state index contributed by atoms with van der Waals surface area (Å²) in [7, 11) is -8.41. The van der Waals surface area contributed by atoms with Crippen LogP contribution in [-0.4, -0.2) is 26.8 Å². The third-order valence-corrected chi connectivity index (χ3v) is 9.91. The molecule has 3 aromatic carbocycles. The first-order valence-corrected chi connectivity index (χ1v) is 15.6. The number of benzene rings is 3. The molecule has 16 heteroatoms. The summed E-state index contributed by atoms with van der Waals surface area (Å²) in [6.07, 6.45) is -4.65. The zero-order valence-electron chi connectivity index (χ0n) is 20.3. The second kappa shape index (κ2) is 10.8. The van der Waals surface area contributed by atoms with Crippen LogP contribution < -0.4 is 14.8 Å². The normalized spacial score (nSPS) is 12.3. The van der Waals surface area contributed by atoms with Crippen molar-refractivity contribution in [2.75, 3.05) is 14.8 Å². The third-order valence-electron chi connectivity index (χ3n) is 5.46. The lowest BCUT2D eigenvalue weighted by atomic mass is 10.2. The Balaban J connectivity index is 1.47. The largest absolute Gasteiger partial charge is 0.416 e. The first-order valence-electron chi connectivity index (χ1n) is 11.4. The van der Waals surface area contributed by atoms with Crippen molar-refractivity contribution >= 4 is 77.0 Å². The van der Waals surface area contributed by atoms with Crippen molar-refractivity contribution in [2.45, 2.75) is 15.3 Å². The first-order chi connectivity index (χ1) is 19.3. The number of sulfonamides is 2. The van der Waals surface area contributed by atoms with Gasteiger partial charge in [0.15, 0.2) is 11.6 Å². The fraction of sp³-hybridized carbons (Fsp3) is 0.0400. The van der Waals surface area contributed by atoms with Crippen LogP contribution in [0.4, 0.5) is 36.2 Å². The minimum absolute atomic E-state index is 0.0321. The molecule has 0 aliphatic carbocycles. The molecule has 0 atom stereocenters. The Hall–Kier alpha value is -3.92. The van der Waals surface area contributed by atoms with E-state index < -0.39 is 31.8 Å². The number of thiophene rings is 1. The van der Waals surface area contributed by atoms with Crippen LogP contribution in [0, 0.1) is 0 Å². The number of hydrogen-bond acceptors (Lipinski definition) is 8. The van der Waals surface area contributed by atoms with Crippen LogP contribution in [0.3, 0.4) is 0 Å². The van der Waals surface area contributed by atoms with Crippen molar-refractivity contribution in [1.82, 2.24) is 9.97 Å². The molecule has 5 rings (SSSR count). The van der Waals surface area contributed by atoms with Crippen LogP contribution in [0.15, 0.2) is 94.0 Å². The molecule has 0 amide bonds. The molecule has 41 heavy (non-hydrogen) atoms. The number of rotatable bonds is 8. The predicted molar refractivity (Wildman–Crippen MR) is 152 cm³/mol. The zero-order chi connectivity index (χ0) is 29.4. The van der Waals surface area contributed by atoms with Crippen molar-refractivity contribution < 1.29 is 30.0 Å². The van der Waals surface area contributed by atoms with E-state index in [1.54, 1.807) is 24.3 Å². The quantitative estimate of drug-likeness (QED) is 0.172. The molecule has 2 heterocycles. The van der Waals surface area contributed by atoms with Crippen molar-refractivity contribution in [3.05, 3.63) is 94.8 Å². The average molecular weight is 640 g/mol. The summed E-state index contributed by atoms with van der Waals surface area (Å²) in [4.78, 5) is 8.55. The van der Waals surface area contributed by atoms with E-state index >= 15 is 0 Å². The minimum atomic E-state index is -4.65. The topological polar surface area (TPSA) is 130 Å². The molecule has 0 bridgehead atoms. The maximum Gasteiger partial charge on any atom is 0.416 e. The van der Waals surface area contributed by atoms with Gasteiger partial charge in [-0.25, -0.2) is 26.8 Å². The van der Waals surface area contributed by atoms with Gasteiger partial charge in [-0.15, -0.1) is 11.3 Å². The van der Waals surface area contributed by atoms with E-state index in [1.807, 2.05) is 0 Å². The van der Waals surface area contributed by atoms with Gasteiger partial charge in [-0.05, 0) is 60.7 Å². The van der Waals surface area contributed by atoms with Crippen molar-refractivity contribution in [3.63, 3.8) is 0 Å². The molecule has 0 fully saturated rings. The highest BCUT2D eigenvalue weighted by Crippen LogP contribution is 2.33. The van der Waals surface area contributed by atoms with Crippen LogP contribution in [-0.2, 0) is 26.2 Å². The number of halogens is 4. The maximum atomic E-state index is 13.1. The molecule has 212 valence electrons. The Bertz CT molecular complexity index is 1980. The molecule has 0 saturated carbocycles. The minimum Gasteiger partial charge on any atom is -0.337 e. The van der Waals surface area contributed by atoms with Gasteiger partial charge in [0, 0.05) is 11.4 Å². The molecule has 0 aliphatic rings. The number of nitrogens with zero attached hydrogens (tertiary/aromatic N) is 2. The molecule has 3 N–H and O–H groups in total. The summed E-state index contributed by atoms with van der Waals surface area (Å²) in [5.41, 5.74) is -0.290. The monoisotopic (exact) mass is 639 g/mol. The lowest BCUT2D eigenvalue weighted by molar-refractivity contribution is -0.137. The highest BCUT2D eigenvalue weighted by molar-refractivity contribution is 7.94. The van der Waals surface area contributed by atoms with Crippen molar-refractivity contribution in [3.8, 4) is 0 Å². The lowest BCUT2D eigenvalue weighted by Crippen LogP contribution is -2.15. The average Bonchev–Trinajstić information content (AvgIpc) is 3.36. The van der Waals surface area contributed by atoms with Gasteiger partial charge in [0.25, 0.3) is 20.0 Å². The molecule has 0 unspecified atom stereocenters. The van der Waals surface area contributed by atoms with Crippen molar-refractivity contribution in [2.24, 2.45) is 0 Å². The van der Waals surface area contributed by atoms with Gasteiger partial charge in [0.05, 0.1) is 25.8 Å². The van der Waals surface area contributed by atoms with Crippen LogP contribution in [0.1, 0.15) is 5.56 Å². The van der Waals surface area contributed by atoms with Gasteiger partial charge in [0.1, 0.15) is 4.21 Å². The van der Waals surface area contributed by atoms with E-state index in [0.717, 1.165) is 23.5 Å². The molecule has 0 saturated heterocycles. The summed E-state index contributed by atoms with van der Waals surface area (Å²) in [5.74, 6) is -0.195. The fourth-order valence-corrected chi connectivity index (χ4v) is 7.22. The molecule has 2 aromatic heterocycles. The van der Waals surface area contributed by atoms with Gasteiger partial charge < -0.3 is 5.32 Å². The number of anilines is 4. The second-order valence-electron chi connectivity index (χ2n) is 8.41. The smallest absolute Gasteiger partial charge is 0.337 e. The molecule has 0 aliphatic heterocycles. The van der Waals surface area contributed by atoms with Crippen LogP contribution >= 0.6 is 22.9 Å². The summed E-state index contributed by atoms with van der Waals surface area (Å²) in [6.45, 7) is 0. The van der Waals surface area contributed by atoms with E-state index in [9.17, 15) is 30.0 Å². The number of alkyl halides is 3. The van der Waals surface area contributed by atoms with Crippen LogP contribution in [0.5, 0.6) is 0 Å². The zero-order valence-corrected chi connectivity index (χ0v) is 23.6. The molecule has 0 spiro atoms. The van der Waals surface area contributed by atoms with Crippen LogP contribution in [0.2, 0.25) is 4.34 Å². The number of aromatic nitrogens is 2. The summed E-state index contributed by atoms with van der Waals surface area (Å²) < 4.78 is 95.9. The SMILES string of the molecule is O=S(=O)(Nc1cccc(C(F)(F)F)c1)c1cccc(Nc2nc3ccccc3nc2NS(=O)(=O)c2ccc(Cl)s2)c1. The number of para-hydroxylation sites is 2.